The maximum atomic E-state index is 12.7. The maximum absolute atomic E-state index is 12.7. The molecule has 0 aromatic heterocycles. The van der Waals surface area contributed by atoms with Gasteiger partial charge in [0.15, 0.2) is 0 Å². The summed E-state index contributed by atoms with van der Waals surface area (Å²) in [6.07, 6.45) is 4.29. The third-order valence-electron chi connectivity index (χ3n) is 4.11. The molecule has 19 heavy (non-hydrogen) atoms. The third kappa shape index (κ3) is 3.17. The summed E-state index contributed by atoms with van der Waals surface area (Å²) in [6.45, 7) is 5.81. The van der Waals surface area contributed by atoms with Gasteiger partial charge in [0, 0.05) is 19.6 Å². The van der Waals surface area contributed by atoms with Gasteiger partial charge in [-0.2, -0.15) is 17.0 Å². The van der Waals surface area contributed by atoms with Gasteiger partial charge in [0.05, 0.1) is 6.04 Å². The van der Waals surface area contributed by atoms with Crippen LogP contribution in [-0.2, 0) is 15.0 Å². The molecule has 2 aliphatic rings. The van der Waals surface area contributed by atoms with E-state index in [1.54, 1.807) is 4.31 Å². The van der Waals surface area contributed by atoms with E-state index in [-0.39, 0.29) is 0 Å². The van der Waals surface area contributed by atoms with E-state index in [4.69, 9.17) is 0 Å². The summed E-state index contributed by atoms with van der Waals surface area (Å²) in [6, 6.07) is -0.466. The summed E-state index contributed by atoms with van der Waals surface area (Å²) in [4.78, 5) is 11.1. The van der Waals surface area contributed by atoms with Crippen LogP contribution in [0.2, 0.25) is 0 Å². The highest BCUT2D eigenvalue weighted by Gasteiger charge is 2.39. The lowest BCUT2D eigenvalue weighted by molar-refractivity contribution is -0.111. The van der Waals surface area contributed by atoms with E-state index in [1.807, 2.05) is 0 Å². The average molecular weight is 288 g/mol. The third-order valence-corrected chi connectivity index (χ3v) is 6.11. The number of hydrogen-bond donors (Lipinski definition) is 0. The molecule has 2 saturated heterocycles. The highest BCUT2D eigenvalue weighted by molar-refractivity contribution is 7.86. The van der Waals surface area contributed by atoms with Gasteiger partial charge in [-0.1, -0.05) is 20.3 Å². The molecule has 0 aliphatic carbocycles. The van der Waals surface area contributed by atoms with Crippen LogP contribution in [0.4, 0.5) is 0 Å². The predicted molar refractivity (Wildman–Crippen MR) is 73.8 cm³/mol. The first-order valence-corrected chi connectivity index (χ1v) is 8.57. The molecule has 110 valence electrons. The summed E-state index contributed by atoms with van der Waals surface area (Å²) >= 11 is 0. The fraction of sp³-hybridized carbons (Fsp3) is 0.923. The van der Waals surface area contributed by atoms with Crippen molar-refractivity contribution >= 4 is 16.5 Å². The summed E-state index contributed by atoms with van der Waals surface area (Å²) in [5.41, 5.74) is 0. The quantitative estimate of drug-likeness (QED) is 0.735. The standard InChI is InChI=1S/C13H24N2O3S/c1-11-7-12(2)9-14(8-11)19(17,18)15-6-4-3-5-13(15)10-16/h10-13H,3-9H2,1-2H3. The van der Waals surface area contributed by atoms with Crippen LogP contribution >= 0.6 is 0 Å². The molecule has 0 N–H and O–H groups in total. The molecule has 0 spiro atoms. The van der Waals surface area contributed by atoms with Crippen LogP contribution in [0.1, 0.15) is 39.5 Å². The molecule has 3 atom stereocenters. The van der Waals surface area contributed by atoms with Crippen LogP contribution in [0.3, 0.4) is 0 Å². The minimum Gasteiger partial charge on any atom is -0.302 e. The van der Waals surface area contributed by atoms with Crippen molar-refractivity contribution in [2.45, 2.75) is 45.6 Å². The van der Waals surface area contributed by atoms with E-state index in [0.717, 1.165) is 25.5 Å². The fourth-order valence-corrected chi connectivity index (χ4v) is 5.34. The van der Waals surface area contributed by atoms with E-state index in [9.17, 15) is 13.2 Å². The summed E-state index contributed by atoms with van der Waals surface area (Å²) < 4.78 is 28.4. The van der Waals surface area contributed by atoms with E-state index < -0.39 is 16.3 Å². The number of carbonyl (C=O) groups is 1. The Hall–Kier alpha value is -0.460. The molecule has 5 nitrogen and oxygen atoms in total. The topological polar surface area (TPSA) is 57.7 Å². The average Bonchev–Trinajstić information content (AvgIpc) is 2.37. The molecule has 6 heteroatoms. The lowest BCUT2D eigenvalue weighted by Crippen LogP contribution is -2.54. The lowest BCUT2D eigenvalue weighted by atomic mass is 9.94. The Bertz CT molecular complexity index is 414. The largest absolute Gasteiger partial charge is 0.302 e. The van der Waals surface area contributed by atoms with Crippen LogP contribution in [0.5, 0.6) is 0 Å². The van der Waals surface area contributed by atoms with Crippen molar-refractivity contribution in [3.63, 3.8) is 0 Å². The van der Waals surface area contributed by atoms with Crippen molar-refractivity contribution in [3.05, 3.63) is 0 Å². The van der Waals surface area contributed by atoms with Gasteiger partial charge in [0.25, 0.3) is 10.2 Å². The Balaban J connectivity index is 2.18. The van der Waals surface area contributed by atoms with Crippen molar-refractivity contribution in [1.82, 2.24) is 8.61 Å². The summed E-state index contributed by atoms with van der Waals surface area (Å²) in [5, 5.41) is 0. The number of aldehydes is 1. The monoisotopic (exact) mass is 288 g/mol. The number of hydrogen-bond acceptors (Lipinski definition) is 3. The first-order valence-electron chi connectivity index (χ1n) is 7.17. The second-order valence-electron chi connectivity index (χ2n) is 6.08. The summed E-state index contributed by atoms with van der Waals surface area (Å²) in [5.74, 6) is 0.774. The Morgan fingerprint density at radius 3 is 2.32 bits per heavy atom. The zero-order valence-electron chi connectivity index (χ0n) is 11.8. The molecular formula is C13H24N2O3S. The first-order chi connectivity index (χ1) is 8.95. The van der Waals surface area contributed by atoms with Crippen LogP contribution in [0.15, 0.2) is 0 Å². The SMILES string of the molecule is CC1CC(C)CN(S(=O)(=O)N2CCCCC2C=O)C1. The molecule has 3 unspecified atom stereocenters. The van der Waals surface area contributed by atoms with Gasteiger partial charge in [0.2, 0.25) is 0 Å². The van der Waals surface area contributed by atoms with Gasteiger partial charge in [-0.05, 0) is 31.1 Å². The number of rotatable bonds is 3. The Morgan fingerprint density at radius 1 is 1.11 bits per heavy atom. The van der Waals surface area contributed by atoms with Gasteiger partial charge < -0.3 is 4.79 Å². The van der Waals surface area contributed by atoms with Gasteiger partial charge in [-0.15, -0.1) is 0 Å². The van der Waals surface area contributed by atoms with Crippen LogP contribution in [0.25, 0.3) is 0 Å². The summed E-state index contributed by atoms with van der Waals surface area (Å²) in [7, 11) is -3.48. The smallest absolute Gasteiger partial charge is 0.282 e. The van der Waals surface area contributed by atoms with Gasteiger partial charge in [-0.25, -0.2) is 0 Å². The lowest BCUT2D eigenvalue weighted by Gasteiger charge is -2.40. The number of carbonyl (C=O) groups excluding carboxylic acids is 1. The molecule has 2 heterocycles. The highest BCUT2D eigenvalue weighted by atomic mass is 32.2. The van der Waals surface area contributed by atoms with Crippen molar-refractivity contribution in [1.29, 1.82) is 0 Å². The van der Waals surface area contributed by atoms with Crippen LogP contribution < -0.4 is 0 Å². The molecule has 0 bridgehead atoms. The van der Waals surface area contributed by atoms with Crippen molar-refractivity contribution in [3.8, 4) is 0 Å². The molecule has 2 aliphatic heterocycles. The zero-order chi connectivity index (χ0) is 14.0. The van der Waals surface area contributed by atoms with Crippen molar-refractivity contribution < 1.29 is 13.2 Å². The normalized spacial score (nSPS) is 35.2. The maximum Gasteiger partial charge on any atom is 0.282 e. The second kappa shape index (κ2) is 5.89. The van der Waals surface area contributed by atoms with Crippen LogP contribution in [-0.4, -0.2) is 49.0 Å². The van der Waals surface area contributed by atoms with Gasteiger partial charge >= 0.3 is 0 Å². The van der Waals surface area contributed by atoms with Gasteiger partial charge in [0.1, 0.15) is 6.29 Å². The molecule has 0 saturated carbocycles. The Labute approximate surface area is 116 Å². The van der Waals surface area contributed by atoms with Crippen molar-refractivity contribution in [2.75, 3.05) is 19.6 Å². The van der Waals surface area contributed by atoms with Crippen LogP contribution in [0, 0.1) is 11.8 Å². The molecule has 0 radical (unpaired) electrons. The first kappa shape index (κ1) is 14.9. The second-order valence-corrected chi connectivity index (χ2v) is 7.96. The molecule has 0 amide bonds. The van der Waals surface area contributed by atoms with E-state index >= 15 is 0 Å². The Morgan fingerprint density at radius 2 is 1.74 bits per heavy atom. The van der Waals surface area contributed by atoms with E-state index in [0.29, 0.717) is 37.9 Å². The number of piperidine rings is 2. The highest BCUT2D eigenvalue weighted by Crippen LogP contribution is 2.27. The Kier molecular flexibility index (Phi) is 4.63. The molecule has 2 rings (SSSR count). The van der Waals surface area contributed by atoms with E-state index in [2.05, 4.69) is 13.8 Å². The van der Waals surface area contributed by atoms with E-state index in [1.165, 1.54) is 4.31 Å². The van der Waals surface area contributed by atoms with Crippen molar-refractivity contribution in [2.24, 2.45) is 11.8 Å². The zero-order valence-corrected chi connectivity index (χ0v) is 12.6. The molecule has 0 aromatic rings. The minimum atomic E-state index is -3.48. The number of nitrogens with zero attached hydrogens (tertiary/aromatic N) is 2. The fourth-order valence-electron chi connectivity index (χ4n) is 3.30. The van der Waals surface area contributed by atoms with Gasteiger partial charge in [-0.3, -0.25) is 0 Å². The molecular weight excluding hydrogens is 264 g/mol. The molecule has 0 aromatic carbocycles. The predicted octanol–water partition coefficient (Wildman–Crippen LogP) is 1.26. The minimum absolute atomic E-state index is 0.387. The molecule has 2 fully saturated rings.